The van der Waals surface area contributed by atoms with Crippen molar-refractivity contribution >= 4 is 17.6 Å². The molecule has 2 N–H and O–H groups in total. The highest BCUT2D eigenvalue weighted by Gasteiger charge is 2.72. The van der Waals surface area contributed by atoms with E-state index in [9.17, 15) is 14.4 Å². The van der Waals surface area contributed by atoms with Crippen LogP contribution in [-0.4, -0.2) is 17.6 Å². The minimum Gasteiger partial charge on any atom is -0.299 e. The third-order valence-electron chi connectivity index (χ3n) is 6.74. The van der Waals surface area contributed by atoms with E-state index in [-0.39, 0.29) is 24.0 Å². The molecular formula is C19H24N2O3. The van der Waals surface area contributed by atoms with Gasteiger partial charge in [-0.3, -0.25) is 25.2 Å². The predicted octanol–water partition coefficient (Wildman–Crippen LogP) is 2.54. The third-order valence-corrected chi connectivity index (χ3v) is 6.74. The molecule has 2 fully saturated rings. The first-order chi connectivity index (χ1) is 11.1. The molecule has 24 heavy (non-hydrogen) atoms. The van der Waals surface area contributed by atoms with Gasteiger partial charge in [0, 0.05) is 17.4 Å². The number of Topliss-reactive ketones (excluding diaryl/α,β-unsaturated/α-hetero) is 1. The fourth-order valence-corrected chi connectivity index (χ4v) is 4.37. The van der Waals surface area contributed by atoms with E-state index in [0.29, 0.717) is 12.0 Å². The summed E-state index contributed by atoms with van der Waals surface area (Å²) in [6.07, 6.45) is 1.65. The summed E-state index contributed by atoms with van der Waals surface area (Å²) < 4.78 is 0. The fourth-order valence-electron chi connectivity index (χ4n) is 4.37. The van der Waals surface area contributed by atoms with Gasteiger partial charge in [0.25, 0.3) is 5.91 Å². The number of hydrogen-bond donors (Lipinski definition) is 2. The zero-order valence-corrected chi connectivity index (χ0v) is 14.7. The van der Waals surface area contributed by atoms with Crippen molar-refractivity contribution in [2.45, 2.75) is 47.0 Å². The number of fused-ring (bicyclic) bond motifs is 2. The van der Waals surface area contributed by atoms with Crippen molar-refractivity contribution in [1.82, 2.24) is 10.9 Å². The molecule has 0 radical (unpaired) electrons. The van der Waals surface area contributed by atoms with E-state index in [2.05, 4.69) is 10.9 Å². The van der Waals surface area contributed by atoms with Gasteiger partial charge >= 0.3 is 0 Å². The van der Waals surface area contributed by atoms with E-state index in [0.717, 1.165) is 12.0 Å². The van der Waals surface area contributed by atoms with Crippen LogP contribution in [0.2, 0.25) is 0 Å². The first-order valence-electron chi connectivity index (χ1n) is 8.35. The number of carbonyl (C=O) groups excluding carboxylic acids is 3. The highest BCUT2D eigenvalue weighted by atomic mass is 16.2. The average molecular weight is 328 g/mol. The fraction of sp³-hybridized carbons (Fsp3) is 0.526. The van der Waals surface area contributed by atoms with E-state index in [1.54, 1.807) is 12.1 Å². The molecule has 2 saturated carbocycles. The van der Waals surface area contributed by atoms with Crippen molar-refractivity contribution in [2.75, 3.05) is 0 Å². The summed E-state index contributed by atoms with van der Waals surface area (Å²) in [6.45, 7) is 7.89. The van der Waals surface area contributed by atoms with Crippen molar-refractivity contribution in [1.29, 1.82) is 0 Å². The lowest BCUT2D eigenvalue weighted by Crippen LogP contribution is -2.52. The summed E-state index contributed by atoms with van der Waals surface area (Å²) in [5, 5.41) is 0. The molecule has 1 aromatic rings. The van der Waals surface area contributed by atoms with Crippen LogP contribution in [0.3, 0.4) is 0 Å². The van der Waals surface area contributed by atoms with Gasteiger partial charge in [-0.1, -0.05) is 38.5 Å². The number of aryl methyl sites for hydroxylation is 1. The molecule has 1 aromatic carbocycles. The third kappa shape index (κ3) is 2.03. The molecule has 2 unspecified atom stereocenters. The Bertz CT molecular complexity index is 723. The summed E-state index contributed by atoms with van der Waals surface area (Å²) in [6, 6.07) is 7.11. The lowest BCUT2D eigenvalue weighted by molar-refractivity contribution is -0.137. The molecule has 2 aliphatic carbocycles. The Morgan fingerprint density at radius 1 is 1.00 bits per heavy atom. The van der Waals surface area contributed by atoms with Gasteiger partial charge in [-0.25, -0.2) is 0 Å². The Morgan fingerprint density at radius 2 is 1.62 bits per heavy atom. The molecule has 2 bridgehead atoms. The number of hydrogen-bond acceptors (Lipinski definition) is 3. The molecule has 128 valence electrons. The van der Waals surface area contributed by atoms with Crippen LogP contribution in [0.1, 0.15) is 56.0 Å². The smallest absolute Gasteiger partial charge is 0.269 e. The predicted molar refractivity (Wildman–Crippen MR) is 90.0 cm³/mol. The number of nitrogens with one attached hydrogen (secondary N) is 2. The Labute approximate surface area is 142 Å². The number of carbonyl (C=O) groups is 3. The quantitative estimate of drug-likeness (QED) is 0.819. The molecule has 0 saturated heterocycles. The Balaban J connectivity index is 1.73. The number of benzene rings is 1. The van der Waals surface area contributed by atoms with Crippen LogP contribution in [0, 0.1) is 23.2 Å². The summed E-state index contributed by atoms with van der Waals surface area (Å²) in [5.41, 5.74) is 4.98. The second-order valence-corrected chi connectivity index (χ2v) is 7.91. The van der Waals surface area contributed by atoms with Crippen molar-refractivity contribution in [3.05, 3.63) is 35.4 Å². The maximum absolute atomic E-state index is 12.8. The van der Waals surface area contributed by atoms with Gasteiger partial charge in [-0.15, -0.1) is 0 Å². The molecule has 0 spiro atoms. The summed E-state index contributed by atoms with van der Waals surface area (Å²) in [4.78, 5) is 37.4. The Kier molecular flexibility index (Phi) is 3.59. The van der Waals surface area contributed by atoms with Crippen molar-refractivity contribution in [2.24, 2.45) is 16.2 Å². The maximum atomic E-state index is 12.8. The average Bonchev–Trinajstić information content (AvgIpc) is 2.83. The van der Waals surface area contributed by atoms with Crippen LogP contribution < -0.4 is 10.9 Å². The molecule has 5 heteroatoms. The molecule has 5 nitrogen and oxygen atoms in total. The molecular weight excluding hydrogens is 304 g/mol. The minimum absolute atomic E-state index is 0.152. The van der Waals surface area contributed by atoms with Crippen LogP contribution in [-0.2, 0) is 9.59 Å². The molecule has 2 aliphatic rings. The molecule has 0 aliphatic heterocycles. The monoisotopic (exact) mass is 328 g/mol. The maximum Gasteiger partial charge on any atom is 0.269 e. The number of amides is 2. The SMILES string of the molecule is Cc1ccc(C(=O)NNC(=O)C23CCC(C)(C(=O)C2)C3(C)C)cc1. The second kappa shape index (κ2) is 5.16. The lowest BCUT2D eigenvalue weighted by Gasteiger charge is -2.38. The van der Waals surface area contributed by atoms with E-state index in [1.165, 1.54) is 0 Å². The van der Waals surface area contributed by atoms with E-state index >= 15 is 0 Å². The topological polar surface area (TPSA) is 75.3 Å². The van der Waals surface area contributed by atoms with Crippen molar-refractivity contribution < 1.29 is 14.4 Å². The van der Waals surface area contributed by atoms with Gasteiger partial charge in [-0.2, -0.15) is 0 Å². The van der Waals surface area contributed by atoms with E-state index in [4.69, 9.17) is 0 Å². The first-order valence-corrected chi connectivity index (χ1v) is 8.35. The molecule has 2 amide bonds. The zero-order chi connectivity index (χ0) is 17.8. The molecule has 0 heterocycles. The first kappa shape index (κ1) is 16.7. The minimum atomic E-state index is -0.737. The van der Waals surface area contributed by atoms with Gasteiger partial charge in [0.05, 0.1) is 5.41 Å². The van der Waals surface area contributed by atoms with E-state index < -0.39 is 16.2 Å². The number of hydrazine groups is 1. The largest absolute Gasteiger partial charge is 0.299 e. The van der Waals surface area contributed by atoms with Crippen LogP contribution >= 0.6 is 0 Å². The van der Waals surface area contributed by atoms with E-state index in [1.807, 2.05) is 39.8 Å². The van der Waals surface area contributed by atoms with Crippen molar-refractivity contribution in [3.63, 3.8) is 0 Å². The summed E-state index contributed by atoms with van der Waals surface area (Å²) >= 11 is 0. The zero-order valence-electron chi connectivity index (χ0n) is 14.7. The number of rotatable bonds is 2. The molecule has 0 aromatic heterocycles. The van der Waals surface area contributed by atoms with Gasteiger partial charge in [0.15, 0.2) is 0 Å². The second-order valence-electron chi connectivity index (χ2n) is 7.91. The van der Waals surface area contributed by atoms with Crippen molar-refractivity contribution in [3.8, 4) is 0 Å². The summed E-state index contributed by atoms with van der Waals surface area (Å²) in [7, 11) is 0. The molecule has 2 atom stereocenters. The molecule has 3 rings (SSSR count). The van der Waals surface area contributed by atoms with Crippen LogP contribution in [0.15, 0.2) is 24.3 Å². The highest BCUT2D eigenvalue weighted by molar-refractivity contribution is 6.01. The van der Waals surface area contributed by atoms with Crippen LogP contribution in [0.4, 0.5) is 0 Å². The Morgan fingerprint density at radius 3 is 2.12 bits per heavy atom. The van der Waals surface area contributed by atoms with Gasteiger partial charge < -0.3 is 0 Å². The van der Waals surface area contributed by atoms with Gasteiger partial charge in [0.1, 0.15) is 5.78 Å². The Hall–Kier alpha value is -2.17. The van der Waals surface area contributed by atoms with Gasteiger partial charge in [0.2, 0.25) is 5.91 Å². The van der Waals surface area contributed by atoms with Crippen LogP contribution in [0.25, 0.3) is 0 Å². The lowest BCUT2D eigenvalue weighted by atomic mass is 9.64. The highest BCUT2D eigenvalue weighted by Crippen LogP contribution is 2.70. The normalized spacial score (nSPS) is 30.2. The number of ketones is 1. The summed E-state index contributed by atoms with van der Waals surface area (Å²) in [5.74, 6) is -0.469. The standard InChI is InChI=1S/C19H24N2O3/c1-12-5-7-13(8-6-12)15(23)20-21-16(24)19-10-9-18(4,14(22)11-19)17(19,2)3/h5-8H,9-11H2,1-4H3,(H,20,23)(H,21,24). The van der Waals surface area contributed by atoms with Crippen LogP contribution in [0.5, 0.6) is 0 Å². The van der Waals surface area contributed by atoms with Gasteiger partial charge in [-0.05, 0) is 37.3 Å².